The summed E-state index contributed by atoms with van der Waals surface area (Å²) < 4.78 is 84.2. The van der Waals surface area contributed by atoms with Crippen molar-refractivity contribution in [2.24, 2.45) is 0 Å². The molecule has 1 amide bonds. The molecule has 43 heavy (non-hydrogen) atoms. The molecule has 2 aromatic carbocycles. The SMILES string of the molecule is O=CN1CCN(S(=O)(=O)c2cccs2)CC1c1ccc(-c2nc(NCc3ccc(F)cc3)nc(OCC(F)(F)F)n2)cc1. The maximum absolute atomic E-state index is 13.2. The van der Waals surface area contributed by atoms with Gasteiger partial charge in [-0.3, -0.25) is 4.79 Å². The monoisotopic (exact) mass is 636 g/mol. The summed E-state index contributed by atoms with van der Waals surface area (Å²) in [6.07, 6.45) is -3.95. The van der Waals surface area contributed by atoms with Crippen LogP contribution in [0.25, 0.3) is 11.4 Å². The van der Waals surface area contributed by atoms with E-state index >= 15 is 0 Å². The first-order valence-corrected chi connectivity index (χ1v) is 15.1. The third-order valence-electron chi connectivity index (χ3n) is 6.51. The molecule has 5 rings (SSSR count). The van der Waals surface area contributed by atoms with Crippen LogP contribution in [0.4, 0.5) is 23.5 Å². The molecule has 16 heteroatoms. The van der Waals surface area contributed by atoms with E-state index in [0.29, 0.717) is 23.1 Å². The molecule has 1 atom stereocenters. The third kappa shape index (κ3) is 7.44. The number of nitrogens with one attached hydrogen (secondary N) is 1. The summed E-state index contributed by atoms with van der Waals surface area (Å²) in [4.78, 5) is 25.6. The molecule has 226 valence electrons. The van der Waals surface area contributed by atoms with Gasteiger partial charge in [0.25, 0.3) is 10.0 Å². The average molecular weight is 637 g/mol. The Kier molecular flexibility index (Phi) is 8.89. The van der Waals surface area contributed by atoms with Gasteiger partial charge in [-0.2, -0.15) is 32.4 Å². The van der Waals surface area contributed by atoms with Crippen molar-refractivity contribution in [2.45, 2.75) is 23.0 Å². The number of nitrogens with zero attached hydrogens (tertiary/aromatic N) is 5. The number of thiophene rings is 1. The van der Waals surface area contributed by atoms with Crippen LogP contribution in [0, 0.1) is 5.82 Å². The largest absolute Gasteiger partial charge is 0.454 e. The maximum atomic E-state index is 13.2. The molecule has 1 aliphatic rings. The molecule has 0 bridgehead atoms. The topological polar surface area (TPSA) is 118 Å². The predicted molar refractivity (Wildman–Crippen MR) is 149 cm³/mol. The van der Waals surface area contributed by atoms with Gasteiger partial charge in [0, 0.05) is 31.7 Å². The highest BCUT2D eigenvalue weighted by atomic mass is 32.2. The smallest absolute Gasteiger partial charge is 0.422 e. The number of amides is 1. The van der Waals surface area contributed by atoms with E-state index in [1.54, 1.807) is 35.7 Å². The van der Waals surface area contributed by atoms with Gasteiger partial charge in [-0.15, -0.1) is 11.3 Å². The summed E-state index contributed by atoms with van der Waals surface area (Å²) in [6.45, 7) is -1.09. The van der Waals surface area contributed by atoms with Crippen molar-refractivity contribution in [3.05, 3.63) is 83.0 Å². The van der Waals surface area contributed by atoms with Crippen LogP contribution >= 0.6 is 11.3 Å². The molecule has 0 aliphatic carbocycles. The molecule has 2 aromatic heterocycles. The predicted octanol–water partition coefficient (Wildman–Crippen LogP) is 4.50. The number of halogens is 4. The second kappa shape index (κ2) is 12.6. The lowest BCUT2D eigenvalue weighted by Gasteiger charge is -2.38. The van der Waals surface area contributed by atoms with Gasteiger partial charge < -0.3 is 15.0 Å². The number of sulfonamides is 1. The van der Waals surface area contributed by atoms with E-state index < -0.39 is 40.7 Å². The molecular weight excluding hydrogens is 612 g/mol. The third-order valence-corrected chi connectivity index (χ3v) is 9.74. The zero-order valence-electron chi connectivity index (χ0n) is 22.2. The molecule has 3 heterocycles. The van der Waals surface area contributed by atoms with Crippen molar-refractivity contribution >= 4 is 33.7 Å². The van der Waals surface area contributed by atoms with E-state index in [4.69, 9.17) is 4.74 Å². The van der Waals surface area contributed by atoms with Gasteiger partial charge in [-0.05, 0) is 34.7 Å². The number of carbonyl (C=O) groups is 1. The highest BCUT2D eigenvalue weighted by Gasteiger charge is 2.35. The van der Waals surface area contributed by atoms with E-state index in [0.717, 1.165) is 11.3 Å². The minimum Gasteiger partial charge on any atom is -0.454 e. The molecule has 1 saturated heterocycles. The number of alkyl halides is 3. The molecule has 1 fully saturated rings. The van der Waals surface area contributed by atoms with Crippen molar-refractivity contribution in [3.63, 3.8) is 0 Å². The molecule has 1 unspecified atom stereocenters. The van der Waals surface area contributed by atoms with Crippen molar-refractivity contribution in [3.8, 4) is 17.4 Å². The van der Waals surface area contributed by atoms with Crippen molar-refractivity contribution in [1.29, 1.82) is 0 Å². The normalized spacial score (nSPS) is 16.2. The van der Waals surface area contributed by atoms with Crippen LogP contribution in [0.3, 0.4) is 0 Å². The number of anilines is 1. The number of benzene rings is 2. The molecule has 0 spiro atoms. The average Bonchev–Trinajstić information content (AvgIpc) is 3.56. The van der Waals surface area contributed by atoms with Gasteiger partial charge in [0.05, 0.1) is 6.04 Å². The highest BCUT2D eigenvalue weighted by molar-refractivity contribution is 7.91. The van der Waals surface area contributed by atoms with Crippen LogP contribution in [0.5, 0.6) is 6.01 Å². The van der Waals surface area contributed by atoms with E-state index in [9.17, 15) is 30.8 Å². The summed E-state index contributed by atoms with van der Waals surface area (Å²) in [5, 5.41) is 4.56. The Morgan fingerprint density at radius 1 is 1.02 bits per heavy atom. The van der Waals surface area contributed by atoms with Crippen LogP contribution in [0.1, 0.15) is 17.2 Å². The first-order valence-electron chi connectivity index (χ1n) is 12.8. The first kappa shape index (κ1) is 30.3. The van der Waals surface area contributed by atoms with Gasteiger partial charge in [0.15, 0.2) is 12.4 Å². The van der Waals surface area contributed by atoms with Gasteiger partial charge in [-0.1, -0.05) is 42.5 Å². The van der Waals surface area contributed by atoms with Crippen LogP contribution in [0.15, 0.2) is 70.3 Å². The standard InChI is InChI=1S/C27H24F4N6O4S2/c28-21-9-3-18(4-10-21)14-32-25-33-24(34-26(35-25)41-16-27(29,30)31)20-7-5-19(6-8-20)22-15-37(12-11-36(22)17-38)43(39,40)23-2-1-13-42-23/h1-10,13,17,22H,11-12,14-16H2,(H,32,33,34,35). The van der Waals surface area contributed by atoms with Gasteiger partial charge in [-0.25, -0.2) is 12.8 Å². The van der Waals surface area contributed by atoms with Crippen LogP contribution < -0.4 is 10.1 Å². The van der Waals surface area contributed by atoms with Crippen molar-refractivity contribution < 1.29 is 35.5 Å². The number of carbonyl (C=O) groups excluding carboxylic acids is 1. The molecule has 1 aliphatic heterocycles. The second-order valence-corrected chi connectivity index (χ2v) is 12.5. The molecule has 0 radical (unpaired) electrons. The number of hydrogen-bond donors (Lipinski definition) is 1. The van der Waals surface area contributed by atoms with Crippen molar-refractivity contribution in [2.75, 3.05) is 31.6 Å². The number of rotatable bonds is 10. The molecule has 1 N–H and O–H groups in total. The number of ether oxygens (including phenoxy) is 1. The highest BCUT2D eigenvalue weighted by Crippen LogP contribution is 2.31. The summed E-state index contributed by atoms with van der Waals surface area (Å²) in [5.41, 5.74) is 1.72. The lowest BCUT2D eigenvalue weighted by Crippen LogP contribution is -2.49. The Morgan fingerprint density at radius 2 is 1.77 bits per heavy atom. The molecular formula is C27H24F4N6O4S2. The number of piperazine rings is 1. The van der Waals surface area contributed by atoms with E-state index in [1.165, 1.54) is 39.5 Å². The van der Waals surface area contributed by atoms with Gasteiger partial charge in [0.1, 0.15) is 10.0 Å². The minimum atomic E-state index is -4.62. The van der Waals surface area contributed by atoms with Crippen LogP contribution in [0.2, 0.25) is 0 Å². The molecule has 10 nitrogen and oxygen atoms in total. The Morgan fingerprint density at radius 3 is 2.42 bits per heavy atom. The van der Waals surface area contributed by atoms with Crippen LogP contribution in [-0.4, -0.2) is 71.4 Å². The quantitative estimate of drug-likeness (QED) is 0.200. The lowest BCUT2D eigenvalue weighted by atomic mass is 10.0. The van der Waals surface area contributed by atoms with E-state index in [2.05, 4.69) is 20.3 Å². The summed E-state index contributed by atoms with van der Waals surface area (Å²) in [5.74, 6) is -0.471. The lowest BCUT2D eigenvalue weighted by molar-refractivity contribution is -0.154. The fourth-order valence-electron chi connectivity index (χ4n) is 4.36. The van der Waals surface area contributed by atoms with Gasteiger partial charge >= 0.3 is 12.2 Å². The van der Waals surface area contributed by atoms with E-state index in [-0.39, 0.29) is 42.2 Å². The second-order valence-electron chi connectivity index (χ2n) is 9.43. The molecule has 4 aromatic rings. The molecule has 0 saturated carbocycles. The summed E-state index contributed by atoms with van der Waals surface area (Å²) >= 11 is 1.11. The summed E-state index contributed by atoms with van der Waals surface area (Å²) in [7, 11) is -3.73. The fourth-order valence-corrected chi connectivity index (χ4v) is 6.95. The van der Waals surface area contributed by atoms with Crippen LogP contribution in [-0.2, 0) is 21.4 Å². The number of aromatic nitrogens is 3. The fraction of sp³-hybridized carbons (Fsp3) is 0.259. The van der Waals surface area contributed by atoms with Crippen molar-refractivity contribution in [1.82, 2.24) is 24.2 Å². The first-order chi connectivity index (χ1) is 20.5. The Bertz CT molecular complexity index is 1650. The zero-order chi connectivity index (χ0) is 30.6. The zero-order valence-corrected chi connectivity index (χ0v) is 23.9. The number of hydrogen-bond acceptors (Lipinski definition) is 9. The maximum Gasteiger partial charge on any atom is 0.422 e. The minimum absolute atomic E-state index is 0.0121. The Balaban J connectivity index is 1.39. The van der Waals surface area contributed by atoms with Gasteiger partial charge in [0.2, 0.25) is 12.4 Å². The Labute approximate surface area is 248 Å². The Hall–Kier alpha value is -4.15. The summed E-state index contributed by atoms with van der Waals surface area (Å²) in [6, 6.07) is 14.2. The van der Waals surface area contributed by atoms with E-state index in [1.807, 2.05) is 0 Å².